The highest BCUT2D eigenvalue weighted by Gasteiger charge is 2.51. The number of carbonyl (C=O) groups excluding carboxylic acids is 1. The van der Waals surface area contributed by atoms with Crippen molar-refractivity contribution in [3.8, 4) is 0 Å². The van der Waals surface area contributed by atoms with E-state index in [2.05, 4.69) is 19.1 Å². The van der Waals surface area contributed by atoms with E-state index in [1.54, 1.807) is 13.8 Å². The van der Waals surface area contributed by atoms with Crippen LogP contribution in [-0.2, 0) is 21.4 Å². The summed E-state index contributed by atoms with van der Waals surface area (Å²) < 4.78 is 26.5. The summed E-state index contributed by atoms with van der Waals surface area (Å²) >= 11 is 0. The Bertz CT molecular complexity index is 760. The molecule has 1 unspecified atom stereocenters. The quantitative estimate of drug-likeness (QED) is 0.825. The number of benzene rings is 1. The van der Waals surface area contributed by atoms with Gasteiger partial charge >= 0.3 is 0 Å². The average molecular weight is 365 g/mol. The summed E-state index contributed by atoms with van der Waals surface area (Å²) in [5.74, 6) is 0.127. The molecule has 138 valence electrons. The first-order valence-electron chi connectivity index (χ1n) is 9.08. The molecule has 1 aromatic rings. The Hall–Kier alpha value is -1.40. The van der Waals surface area contributed by atoms with Crippen LogP contribution in [0.1, 0.15) is 44.2 Å². The molecule has 25 heavy (non-hydrogen) atoms. The standard InChI is InChI=1S/C19H28N2O3S/c1-15(2)25(23,24)21-11-9-19(14-21)8-5-10-20(18(19)22)13-17-7-4-6-16(3)12-17/h4,6-7,12,15H,5,8-11,13-14H2,1-3H3. The maximum absolute atomic E-state index is 13.2. The molecule has 2 aliphatic heterocycles. The van der Waals surface area contributed by atoms with Gasteiger partial charge in [0.1, 0.15) is 0 Å². The van der Waals surface area contributed by atoms with Gasteiger partial charge < -0.3 is 4.90 Å². The molecular weight excluding hydrogens is 336 g/mol. The fourth-order valence-electron chi connectivity index (χ4n) is 4.06. The lowest BCUT2D eigenvalue weighted by molar-refractivity contribution is -0.146. The summed E-state index contributed by atoms with van der Waals surface area (Å²) in [6.45, 7) is 7.63. The van der Waals surface area contributed by atoms with Crippen LogP contribution in [0.25, 0.3) is 0 Å². The number of nitrogens with zero attached hydrogens (tertiary/aromatic N) is 2. The highest BCUT2D eigenvalue weighted by Crippen LogP contribution is 2.41. The van der Waals surface area contributed by atoms with Crippen molar-refractivity contribution >= 4 is 15.9 Å². The summed E-state index contributed by atoms with van der Waals surface area (Å²) in [4.78, 5) is 15.1. The molecule has 1 atom stereocenters. The molecular formula is C19H28N2O3S. The molecule has 2 saturated heterocycles. The van der Waals surface area contributed by atoms with E-state index in [4.69, 9.17) is 0 Å². The minimum Gasteiger partial charge on any atom is -0.338 e. The van der Waals surface area contributed by atoms with E-state index in [0.29, 0.717) is 26.1 Å². The molecule has 1 spiro atoms. The minimum absolute atomic E-state index is 0.127. The molecule has 0 N–H and O–H groups in total. The van der Waals surface area contributed by atoms with Gasteiger partial charge in [-0.15, -0.1) is 0 Å². The van der Waals surface area contributed by atoms with Crippen LogP contribution >= 0.6 is 0 Å². The zero-order valence-electron chi connectivity index (χ0n) is 15.4. The molecule has 0 bridgehead atoms. The van der Waals surface area contributed by atoms with Gasteiger partial charge in [0.15, 0.2) is 0 Å². The zero-order chi connectivity index (χ0) is 18.2. The first-order chi connectivity index (χ1) is 11.7. The second-order valence-corrected chi connectivity index (χ2v) is 10.3. The van der Waals surface area contributed by atoms with Crippen molar-refractivity contribution in [3.05, 3.63) is 35.4 Å². The van der Waals surface area contributed by atoms with Crippen molar-refractivity contribution in [2.75, 3.05) is 19.6 Å². The van der Waals surface area contributed by atoms with Crippen LogP contribution in [-0.4, -0.2) is 48.4 Å². The number of hydrogen-bond donors (Lipinski definition) is 0. The third-order valence-corrected chi connectivity index (χ3v) is 7.78. The summed E-state index contributed by atoms with van der Waals surface area (Å²) in [5, 5.41) is -0.440. The van der Waals surface area contributed by atoms with Crippen molar-refractivity contribution < 1.29 is 13.2 Å². The molecule has 0 aliphatic carbocycles. The van der Waals surface area contributed by atoms with E-state index in [1.165, 1.54) is 9.87 Å². The van der Waals surface area contributed by atoms with Crippen molar-refractivity contribution in [2.24, 2.45) is 5.41 Å². The number of hydrogen-bond acceptors (Lipinski definition) is 3. The van der Waals surface area contributed by atoms with Crippen molar-refractivity contribution in [1.29, 1.82) is 0 Å². The lowest BCUT2D eigenvalue weighted by atomic mass is 9.78. The maximum atomic E-state index is 13.2. The van der Waals surface area contributed by atoms with E-state index in [9.17, 15) is 13.2 Å². The Morgan fingerprint density at radius 3 is 2.64 bits per heavy atom. The highest BCUT2D eigenvalue weighted by atomic mass is 32.2. The Kier molecular flexibility index (Phi) is 4.95. The second-order valence-electron chi connectivity index (χ2n) is 7.78. The zero-order valence-corrected chi connectivity index (χ0v) is 16.2. The maximum Gasteiger partial charge on any atom is 0.230 e. The number of sulfonamides is 1. The van der Waals surface area contributed by atoms with Crippen molar-refractivity contribution in [3.63, 3.8) is 0 Å². The summed E-state index contributed by atoms with van der Waals surface area (Å²) in [6.07, 6.45) is 2.37. The Morgan fingerprint density at radius 2 is 1.96 bits per heavy atom. The van der Waals surface area contributed by atoms with Crippen LogP contribution in [0.15, 0.2) is 24.3 Å². The SMILES string of the molecule is Cc1cccc(CN2CCCC3(CCN(S(=O)(=O)C(C)C)C3)C2=O)c1. The summed E-state index contributed by atoms with van der Waals surface area (Å²) in [5.41, 5.74) is 1.80. The van der Waals surface area contributed by atoms with Gasteiger partial charge in [-0.3, -0.25) is 4.79 Å². The monoisotopic (exact) mass is 364 g/mol. The van der Waals surface area contributed by atoms with Gasteiger partial charge in [0.2, 0.25) is 15.9 Å². The minimum atomic E-state index is -3.29. The molecule has 3 rings (SSSR count). The van der Waals surface area contributed by atoms with Gasteiger partial charge in [0, 0.05) is 26.2 Å². The lowest BCUT2D eigenvalue weighted by Crippen LogP contribution is -2.50. The number of likely N-dealkylation sites (tertiary alicyclic amines) is 1. The molecule has 5 nitrogen and oxygen atoms in total. The van der Waals surface area contributed by atoms with Crippen LogP contribution in [0.2, 0.25) is 0 Å². The van der Waals surface area contributed by atoms with E-state index >= 15 is 0 Å². The molecule has 2 heterocycles. The van der Waals surface area contributed by atoms with Gasteiger partial charge in [0.25, 0.3) is 0 Å². The topological polar surface area (TPSA) is 57.7 Å². The largest absolute Gasteiger partial charge is 0.338 e. The van der Waals surface area contributed by atoms with Gasteiger partial charge in [-0.1, -0.05) is 29.8 Å². The lowest BCUT2D eigenvalue weighted by Gasteiger charge is -2.39. The van der Waals surface area contributed by atoms with E-state index in [1.807, 2.05) is 17.0 Å². The van der Waals surface area contributed by atoms with E-state index in [-0.39, 0.29) is 5.91 Å². The number of aryl methyl sites for hydroxylation is 1. The van der Waals surface area contributed by atoms with Crippen molar-refractivity contribution in [2.45, 2.75) is 51.8 Å². The van der Waals surface area contributed by atoms with Crippen LogP contribution in [0.3, 0.4) is 0 Å². The number of rotatable bonds is 4. The Morgan fingerprint density at radius 1 is 1.20 bits per heavy atom. The molecule has 0 aromatic heterocycles. The highest BCUT2D eigenvalue weighted by molar-refractivity contribution is 7.89. The molecule has 2 aliphatic rings. The second kappa shape index (κ2) is 6.72. The predicted molar refractivity (Wildman–Crippen MR) is 98.5 cm³/mol. The van der Waals surface area contributed by atoms with Crippen molar-refractivity contribution in [1.82, 2.24) is 9.21 Å². The molecule has 6 heteroatoms. The van der Waals surface area contributed by atoms with Crippen LogP contribution in [0.5, 0.6) is 0 Å². The smallest absolute Gasteiger partial charge is 0.230 e. The van der Waals surface area contributed by atoms with Gasteiger partial charge in [-0.05, 0) is 45.6 Å². The first-order valence-corrected chi connectivity index (χ1v) is 10.6. The predicted octanol–water partition coefficient (Wildman–Crippen LogP) is 2.55. The number of piperidine rings is 1. The molecule has 1 aromatic carbocycles. The number of amides is 1. The van der Waals surface area contributed by atoms with Gasteiger partial charge in [-0.2, -0.15) is 0 Å². The average Bonchev–Trinajstić information content (AvgIpc) is 2.98. The van der Waals surface area contributed by atoms with Crippen LogP contribution in [0, 0.1) is 12.3 Å². The first kappa shape index (κ1) is 18.4. The van der Waals surface area contributed by atoms with Gasteiger partial charge in [-0.25, -0.2) is 12.7 Å². The number of carbonyl (C=O) groups is 1. The molecule has 1 amide bonds. The van der Waals surface area contributed by atoms with Gasteiger partial charge in [0.05, 0.1) is 10.7 Å². The van der Waals surface area contributed by atoms with Crippen LogP contribution < -0.4 is 0 Å². The third kappa shape index (κ3) is 3.47. The summed E-state index contributed by atoms with van der Waals surface area (Å²) in [6, 6.07) is 8.22. The Balaban J connectivity index is 1.76. The fraction of sp³-hybridized carbons (Fsp3) is 0.632. The molecule has 2 fully saturated rings. The van der Waals surface area contributed by atoms with E-state index < -0.39 is 20.7 Å². The normalized spacial score (nSPS) is 25.3. The molecule has 0 saturated carbocycles. The third-order valence-electron chi connectivity index (χ3n) is 5.55. The van der Waals surface area contributed by atoms with Crippen LogP contribution in [0.4, 0.5) is 0 Å². The summed E-state index contributed by atoms with van der Waals surface area (Å²) in [7, 11) is -3.29. The molecule has 0 radical (unpaired) electrons. The Labute approximate surface area is 151 Å². The van der Waals surface area contributed by atoms with E-state index in [0.717, 1.165) is 24.9 Å². The fourth-order valence-corrected chi connectivity index (χ4v) is 5.43.